The summed E-state index contributed by atoms with van der Waals surface area (Å²) in [5, 5.41) is 28.5. The third kappa shape index (κ3) is 2.21. The molecular weight excluding hydrogens is 269 g/mol. The summed E-state index contributed by atoms with van der Waals surface area (Å²) in [7, 11) is 0. The van der Waals surface area contributed by atoms with E-state index in [0.29, 0.717) is 18.4 Å². The van der Waals surface area contributed by atoms with Crippen LogP contribution in [0.2, 0.25) is 0 Å². The number of hydrogen-bond donors (Lipinski definition) is 2. The van der Waals surface area contributed by atoms with Gasteiger partial charge in [0.1, 0.15) is 17.3 Å². The first-order valence-corrected chi connectivity index (χ1v) is 6.75. The molecule has 3 rings (SSSR count). The van der Waals surface area contributed by atoms with Crippen molar-refractivity contribution in [3.63, 3.8) is 0 Å². The van der Waals surface area contributed by atoms with E-state index in [2.05, 4.69) is 6.07 Å². The third-order valence-corrected chi connectivity index (χ3v) is 4.17. The van der Waals surface area contributed by atoms with Crippen LogP contribution in [0.4, 0.5) is 4.39 Å². The van der Waals surface area contributed by atoms with Crippen LogP contribution in [0.3, 0.4) is 0 Å². The van der Waals surface area contributed by atoms with E-state index in [1.54, 1.807) is 18.2 Å². The van der Waals surface area contributed by atoms with Gasteiger partial charge in [-0.3, -0.25) is 0 Å². The van der Waals surface area contributed by atoms with Crippen LogP contribution in [0.15, 0.2) is 36.4 Å². The zero-order chi connectivity index (χ0) is 15.0. The first kappa shape index (κ1) is 13.4. The Hall–Kier alpha value is -2.54. The van der Waals surface area contributed by atoms with Gasteiger partial charge in [0.2, 0.25) is 0 Å². The first-order chi connectivity index (χ1) is 10.0. The molecule has 0 radical (unpaired) electrons. The summed E-state index contributed by atoms with van der Waals surface area (Å²) in [4.78, 5) is 0. The largest absolute Gasteiger partial charge is 0.508 e. The number of aryl methyl sites for hydroxylation is 1. The van der Waals surface area contributed by atoms with Crippen LogP contribution < -0.4 is 0 Å². The van der Waals surface area contributed by atoms with Gasteiger partial charge in [0.05, 0.1) is 11.5 Å². The van der Waals surface area contributed by atoms with Crippen LogP contribution in [0.5, 0.6) is 11.5 Å². The SMILES string of the molecule is N#CC1(Cc2ccc(O)cc2F)CCc2cc(O)ccc21. The van der Waals surface area contributed by atoms with E-state index < -0.39 is 11.2 Å². The van der Waals surface area contributed by atoms with Gasteiger partial charge in [-0.1, -0.05) is 12.1 Å². The van der Waals surface area contributed by atoms with Crippen molar-refractivity contribution in [2.75, 3.05) is 0 Å². The highest BCUT2D eigenvalue weighted by Crippen LogP contribution is 2.42. The highest BCUT2D eigenvalue weighted by Gasteiger charge is 2.39. The summed E-state index contributed by atoms with van der Waals surface area (Å²) in [6, 6.07) is 11.3. The maximum absolute atomic E-state index is 13.9. The van der Waals surface area contributed by atoms with E-state index in [9.17, 15) is 19.9 Å². The summed E-state index contributed by atoms with van der Waals surface area (Å²) in [5.74, 6) is -0.450. The molecule has 21 heavy (non-hydrogen) atoms. The molecule has 0 amide bonds. The average Bonchev–Trinajstić information content (AvgIpc) is 2.80. The number of fused-ring (bicyclic) bond motifs is 1. The highest BCUT2D eigenvalue weighted by molar-refractivity contribution is 5.49. The van der Waals surface area contributed by atoms with E-state index in [1.807, 2.05) is 0 Å². The van der Waals surface area contributed by atoms with Gasteiger partial charge >= 0.3 is 0 Å². The number of nitrogens with zero attached hydrogens (tertiary/aromatic N) is 1. The van der Waals surface area contributed by atoms with Crippen LogP contribution >= 0.6 is 0 Å². The Kier molecular flexibility index (Phi) is 3.06. The number of phenols is 2. The van der Waals surface area contributed by atoms with Crippen molar-refractivity contribution < 1.29 is 14.6 Å². The normalized spacial score (nSPS) is 20.0. The Morgan fingerprint density at radius 1 is 1.14 bits per heavy atom. The molecule has 0 aliphatic heterocycles. The summed E-state index contributed by atoms with van der Waals surface area (Å²) in [6.07, 6.45) is 1.55. The minimum absolute atomic E-state index is 0.126. The number of phenolic OH excluding ortho intramolecular Hbond substituents is 2. The number of rotatable bonds is 2. The van der Waals surface area contributed by atoms with Gasteiger partial charge in [0.15, 0.2) is 0 Å². The van der Waals surface area contributed by atoms with Gasteiger partial charge in [-0.25, -0.2) is 4.39 Å². The van der Waals surface area contributed by atoms with Crippen LogP contribution in [0, 0.1) is 17.1 Å². The van der Waals surface area contributed by atoms with E-state index in [1.165, 1.54) is 12.1 Å². The quantitative estimate of drug-likeness (QED) is 0.889. The number of hydrogen-bond acceptors (Lipinski definition) is 3. The maximum Gasteiger partial charge on any atom is 0.130 e. The van der Waals surface area contributed by atoms with Crippen molar-refractivity contribution in [1.82, 2.24) is 0 Å². The monoisotopic (exact) mass is 283 g/mol. The van der Waals surface area contributed by atoms with E-state index in [-0.39, 0.29) is 17.9 Å². The zero-order valence-corrected chi connectivity index (χ0v) is 11.3. The molecule has 2 N–H and O–H groups in total. The van der Waals surface area contributed by atoms with Crippen molar-refractivity contribution in [2.24, 2.45) is 0 Å². The molecule has 0 fully saturated rings. The fourth-order valence-electron chi connectivity index (χ4n) is 3.08. The standard InChI is InChI=1S/C17H14FNO2/c18-16-8-14(21)2-1-12(16)9-17(10-19)6-5-11-7-13(20)3-4-15(11)17/h1-4,7-8,20-21H,5-6,9H2. The van der Waals surface area contributed by atoms with E-state index in [0.717, 1.165) is 17.2 Å². The van der Waals surface area contributed by atoms with E-state index >= 15 is 0 Å². The number of nitriles is 1. The van der Waals surface area contributed by atoms with Gasteiger partial charge in [0.25, 0.3) is 0 Å². The van der Waals surface area contributed by atoms with Gasteiger partial charge in [0, 0.05) is 6.07 Å². The molecule has 0 saturated heterocycles. The Morgan fingerprint density at radius 3 is 2.57 bits per heavy atom. The molecule has 4 heteroatoms. The lowest BCUT2D eigenvalue weighted by Crippen LogP contribution is -2.24. The lowest BCUT2D eigenvalue weighted by Gasteiger charge is -2.22. The topological polar surface area (TPSA) is 64.2 Å². The molecule has 1 aliphatic carbocycles. The molecule has 0 aromatic heterocycles. The minimum Gasteiger partial charge on any atom is -0.508 e. The Balaban J connectivity index is 2.03. The second-order valence-corrected chi connectivity index (χ2v) is 5.49. The number of halogens is 1. The third-order valence-electron chi connectivity index (χ3n) is 4.17. The van der Waals surface area contributed by atoms with Crippen molar-refractivity contribution in [3.8, 4) is 17.6 Å². The summed E-state index contributed by atoms with van der Waals surface area (Å²) in [5.41, 5.74) is 1.43. The lowest BCUT2D eigenvalue weighted by molar-refractivity contribution is 0.464. The molecule has 2 aromatic carbocycles. The highest BCUT2D eigenvalue weighted by atomic mass is 19.1. The van der Waals surface area contributed by atoms with Crippen molar-refractivity contribution >= 4 is 0 Å². The molecule has 0 saturated carbocycles. The maximum atomic E-state index is 13.9. The molecule has 0 bridgehead atoms. The second-order valence-electron chi connectivity index (χ2n) is 5.49. The van der Waals surface area contributed by atoms with Crippen molar-refractivity contribution in [1.29, 1.82) is 5.26 Å². The molecular formula is C17H14FNO2. The summed E-state index contributed by atoms with van der Waals surface area (Å²) < 4.78 is 13.9. The van der Waals surface area contributed by atoms with Crippen LogP contribution in [0.1, 0.15) is 23.1 Å². The molecule has 3 nitrogen and oxygen atoms in total. The lowest BCUT2D eigenvalue weighted by atomic mass is 9.78. The van der Waals surface area contributed by atoms with Gasteiger partial charge < -0.3 is 10.2 Å². The van der Waals surface area contributed by atoms with Crippen molar-refractivity contribution in [3.05, 3.63) is 58.9 Å². The van der Waals surface area contributed by atoms with Crippen LogP contribution in [-0.2, 0) is 18.3 Å². The van der Waals surface area contributed by atoms with Gasteiger partial charge in [-0.2, -0.15) is 5.26 Å². The first-order valence-electron chi connectivity index (χ1n) is 6.75. The Morgan fingerprint density at radius 2 is 1.86 bits per heavy atom. The fraction of sp³-hybridized carbons (Fsp3) is 0.235. The number of benzene rings is 2. The molecule has 2 aromatic rings. The minimum atomic E-state index is -0.777. The van der Waals surface area contributed by atoms with E-state index in [4.69, 9.17) is 0 Å². The van der Waals surface area contributed by atoms with Gasteiger partial charge in [-0.15, -0.1) is 0 Å². The average molecular weight is 283 g/mol. The summed E-state index contributed by atoms with van der Waals surface area (Å²) >= 11 is 0. The molecule has 1 aliphatic rings. The van der Waals surface area contributed by atoms with Crippen LogP contribution in [0.25, 0.3) is 0 Å². The predicted octanol–water partition coefficient (Wildman–Crippen LogP) is 3.19. The fourth-order valence-corrected chi connectivity index (χ4v) is 3.08. The second kappa shape index (κ2) is 4.78. The van der Waals surface area contributed by atoms with Crippen LogP contribution in [-0.4, -0.2) is 10.2 Å². The zero-order valence-electron chi connectivity index (χ0n) is 11.3. The molecule has 106 valence electrons. The van der Waals surface area contributed by atoms with Crippen molar-refractivity contribution in [2.45, 2.75) is 24.7 Å². The molecule has 0 heterocycles. The molecule has 1 unspecified atom stereocenters. The number of aromatic hydroxyl groups is 2. The molecule has 1 atom stereocenters. The van der Waals surface area contributed by atoms with Gasteiger partial charge in [-0.05, 0) is 54.2 Å². The Bertz CT molecular complexity index is 751. The summed E-state index contributed by atoms with van der Waals surface area (Å²) in [6.45, 7) is 0. The predicted molar refractivity (Wildman–Crippen MR) is 75.5 cm³/mol. The Labute approximate surface area is 121 Å². The molecule has 0 spiro atoms. The smallest absolute Gasteiger partial charge is 0.130 e.